The standard InChI is InChI=1S/C33H43N3O4S/c1-9-30(32(38)34-33(6,7)8)35(21-27-13-11-10-12-26(27)5)31(37)22-36(28-19-24(3)18-25(4)20-28)41(39,40)29-16-14-23(2)15-17-29/h10-20,30H,9,21-22H2,1-8H3,(H,34,38)/t30-/m1/s1. The van der Waals surface area contributed by atoms with E-state index in [0.29, 0.717) is 12.1 Å². The van der Waals surface area contributed by atoms with Crippen LogP contribution in [-0.4, -0.2) is 43.3 Å². The van der Waals surface area contributed by atoms with Gasteiger partial charge in [-0.25, -0.2) is 8.42 Å². The second-order valence-corrected chi connectivity index (χ2v) is 13.6. The van der Waals surface area contributed by atoms with Crippen molar-refractivity contribution in [2.45, 2.75) is 84.8 Å². The van der Waals surface area contributed by atoms with Crippen LogP contribution in [0.25, 0.3) is 0 Å². The molecule has 0 unspecified atom stereocenters. The van der Waals surface area contributed by atoms with Crippen molar-refractivity contribution in [1.29, 1.82) is 0 Å². The predicted octanol–water partition coefficient (Wildman–Crippen LogP) is 5.84. The number of anilines is 1. The van der Waals surface area contributed by atoms with Gasteiger partial charge in [0.05, 0.1) is 10.6 Å². The molecule has 0 bridgehead atoms. The van der Waals surface area contributed by atoms with Gasteiger partial charge in [0.15, 0.2) is 0 Å². The lowest BCUT2D eigenvalue weighted by Gasteiger charge is -2.35. The first kappa shape index (κ1) is 31.9. The number of benzene rings is 3. The number of carbonyl (C=O) groups excluding carboxylic acids is 2. The number of carbonyl (C=O) groups is 2. The molecule has 41 heavy (non-hydrogen) atoms. The van der Waals surface area contributed by atoms with Crippen molar-refractivity contribution < 1.29 is 18.0 Å². The average Bonchev–Trinajstić information content (AvgIpc) is 2.86. The Labute approximate surface area is 245 Å². The monoisotopic (exact) mass is 577 g/mol. The topological polar surface area (TPSA) is 86.8 Å². The van der Waals surface area contributed by atoms with Gasteiger partial charge in [0, 0.05) is 12.1 Å². The van der Waals surface area contributed by atoms with Gasteiger partial charge in [-0.3, -0.25) is 13.9 Å². The van der Waals surface area contributed by atoms with Gasteiger partial charge in [-0.15, -0.1) is 0 Å². The number of amides is 2. The van der Waals surface area contributed by atoms with E-state index in [1.807, 2.05) is 85.7 Å². The minimum Gasteiger partial charge on any atom is -0.350 e. The summed E-state index contributed by atoms with van der Waals surface area (Å²) in [4.78, 5) is 29.3. The molecule has 0 saturated carbocycles. The molecule has 0 spiro atoms. The number of nitrogens with one attached hydrogen (secondary N) is 1. The highest BCUT2D eigenvalue weighted by Crippen LogP contribution is 2.27. The summed E-state index contributed by atoms with van der Waals surface area (Å²) >= 11 is 0. The summed E-state index contributed by atoms with van der Waals surface area (Å²) in [6.07, 6.45) is 0.369. The molecule has 220 valence electrons. The van der Waals surface area contributed by atoms with E-state index in [0.717, 1.165) is 27.8 Å². The molecule has 8 heteroatoms. The lowest BCUT2D eigenvalue weighted by molar-refractivity contribution is -0.141. The highest BCUT2D eigenvalue weighted by molar-refractivity contribution is 7.92. The number of aryl methyl sites for hydroxylation is 4. The predicted molar refractivity (Wildman–Crippen MR) is 165 cm³/mol. The van der Waals surface area contributed by atoms with E-state index in [9.17, 15) is 18.0 Å². The quantitative estimate of drug-likeness (QED) is 0.328. The Bertz CT molecular complexity index is 1470. The molecule has 0 aliphatic heterocycles. The van der Waals surface area contributed by atoms with Crippen molar-refractivity contribution in [3.63, 3.8) is 0 Å². The number of nitrogens with zero attached hydrogens (tertiary/aromatic N) is 2. The molecule has 1 N–H and O–H groups in total. The Morgan fingerprint density at radius 3 is 1.98 bits per heavy atom. The zero-order chi connectivity index (χ0) is 30.5. The lowest BCUT2D eigenvalue weighted by Crippen LogP contribution is -2.55. The van der Waals surface area contributed by atoms with Crippen molar-refractivity contribution in [3.8, 4) is 0 Å². The Kier molecular flexibility index (Phi) is 10.0. The van der Waals surface area contributed by atoms with E-state index in [1.54, 1.807) is 36.4 Å². The summed E-state index contributed by atoms with van der Waals surface area (Å²) in [5.41, 5.74) is 4.46. The zero-order valence-electron chi connectivity index (χ0n) is 25.5. The second-order valence-electron chi connectivity index (χ2n) is 11.8. The highest BCUT2D eigenvalue weighted by Gasteiger charge is 2.35. The van der Waals surface area contributed by atoms with Gasteiger partial charge in [-0.2, -0.15) is 0 Å². The molecule has 3 aromatic carbocycles. The average molecular weight is 578 g/mol. The van der Waals surface area contributed by atoms with Crippen LogP contribution in [-0.2, 0) is 26.2 Å². The summed E-state index contributed by atoms with van der Waals surface area (Å²) in [7, 11) is -4.11. The van der Waals surface area contributed by atoms with E-state index in [1.165, 1.54) is 9.21 Å². The Morgan fingerprint density at radius 1 is 0.854 bits per heavy atom. The van der Waals surface area contributed by atoms with Crippen LogP contribution in [0.2, 0.25) is 0 Å². The minimum atomic E-state index is -4.11. The van der Waals surface area contributed by atoms with Crippen LogP contribution < -0.4 is 9.62 Å². The fourth-order valence-electron chi connectivity index (χ4n) is 4.80. The maximum Gasteiger partial charge on any atom is 0.264 e. The fraction of sp³-hybridized carbons (Fsp3) is 0.394. The summed E-state index contributed by atoms with van der Waals surface area (Å²) in [5, 5.41) is 3.00. The first-order valence-electron chi connectivity index (χ1n) is 14.0. The number of sulfonamides is 1. The molecule has 2 amide bonds. The molecular formula is C33H43N3O4S. The van der Waals surface area contributed by atoms with Gasteiger partial charge in [-0.1, -0.05) is 55.0 Å². The molecule has 0 fully saturated rings. The molecule has 3 rings (SSSR count). The molecule has 1 atom stereocenters. The molecule has 0 aliphatic carbocycles. The Morgan fingerprint density at radius 2 is 1.44 bits per heavy atom. The minimum absolute atomic E-state index is 0.0954. The molecular weight excluding hydrogens is 534 g/mol. The van der Waals surface area contributed by atoms with Crippen LogP contribution in [0.3, 0.4) is 0 Å². The summed E-state index contributed by atoms with van der Waals surface area (Å²) < 4.78 is 29.3. The fourth-order valence-corrected chi connectivity index (χ4v) is 6.20. The van der Waals surface area contributed by atoms with Crippen LogP contribution in [0.4, 0.5) is 5.69 Å². The normalized spacial score (nSPS) is 12.5. The Balaban J connectivity index is 2.12. The summed E-state index contributed by atoms with van der Waals surface area (Å²) in [6.45, 7) is 14.9. The van der Waals surface area contributed by atoms with E-state index in [4.69, 9.17) is 0 Å². The van der Waals surface area contributed by atoms with Gasteiger partial charge in [0.1, 0.15) is 12.6 Å². The molecule has 0 aromatic heterocycles. The number of hydrogen-bond donors (Lipinski definition) is 1. The largest absolute Gasteiger partial charge is 0.350 e. The zero-order valence-corrected chi connectivity index (χ0v) is 26.3. The maximum atomic E-state index is 14.3. The molecule has 0 heterocycles. The molecule has 0 saturated heterocycles. The van der Waals surface area contributed by atoms with E-state index >= 15 is 0 Å². The second kappa shape index (κ2) is 12.9. The van der Waals surface area contributed by atoms with Crippen LogP contribution >= 0.6 is 0 Å². The molecule has 7 nitrogen and oxygen atoms in total. The van der Waals surface area contributed by atoms with E-state index < -0.39 is 34.1 Å². The van der Waals surface area contributed by atoms with Gasteiger partial charge in [0.2, 0.25) is 11.8 Å². The number of hydrogen-bond acceptors (Lipinski definition) is 4. The van der Waals surface area contributed by atoms with E-state index in [-0.39, 0.29) is 17.3 Å². The maximum absolute atomic E-state index is 14.3. The summed E-state index contributed by atoms with van der Waals surface area (Å²) in [5.74, 6) is -0.736. The lowest BCUT2D eigenvalue weighted by atomic mass is 10.0. The third-order valence-corrected chi connectivity index (χ3v) is 8.66. The Hall–Kier alpha value is -3.65. The third kappa shape index (κ3) is 8.19. The van der Waals surface area contributed by atoms with E-state index in [2.05, 4.69) is 5.32 Å². The van der Waals surface area contributed by atoms with Crippen LogP contribution in [0.1, 0.15) is 61.9 Å². The van der Waals surface area contributed by atoms with Gasteiger partial charge in [-0.05, 0) is 101 Å². The van der Waals surface area contributed by atoms with Crippen molar-refractivity contribution in [2.24, 2.45) is 0 Å². The number of rotatable bonds is 10. The van der Waals surface area contributed by atoms with Crippen molar-refractivity contribution in [2.75, 3.05) is 10.8 Å². The van der Waals surface area contributed by atoms with Gasteiger partial charge >= 0.3 is 0 Å². The van der Waals surface area contributed by atoms with Gasteiger partial charge < -0.3 is 10.2 Å². The van der Waals surface area contributed by atoms with Crippen LogP contribution in [0, 0.1) is 27.7 Å². The summed E-state index contributed by atoms with van der Waals surface area (Å²) in [6, 6.07) is 19.0. The van der Waals surface area contributed by atoms with Crippen molar-refractivity contribution in [1.82, 2.24) is 10.2 Å². The van der Waals surface area contributed by atoms with Crippen LogP contribution in [0.5, 0.6) is 0 Å². The van der Waals surface area contributed by atoms with Crippen molar-refractivity contribution >= 4 is 27.5 Å². The highest BCUT2D eigenvalue weighted by atomic mass is 32.2. The molecule has 0 aliphatic rings. The first-order valence-corrected chi connectivity index (χ1v) is 15.4. The van der Waals surface area contributed by atoms with Crippen LogP contribution in [0.15, 0.2) is 71.6 Å². The van der Waals surface area contributed by atoms with Gasteiger partial charge in [0.25, 0.3) is 10.0 Å². The molecule has 3 aromatic rings. The third-order valence-electron chi connectivity index (χ3n) is 6.87. The first-order chi connectivity index (χ1) is 19.1. The SMILES string of the molecule is CC[C@H](C(=O)NC(C)(C)C)N(Cc1ccccc1C)C(=O)CN(c1cc(C)cc(C)c1)S(=O)(=O)c1ccc(C)cc1. The molecule has 0 radical (unpaired) electrons. The smallest absolute Gasteiger partial charge is 0.264 e. The van der Waals surface area contributed by atoms with Crippen molar-refractivity contribution in [3.05, 3.63) is 94.5 Å².